The standard InChI is InChI=1S/C17H21N5O4/c1-24-17(23)22-6-4-21(5-7-22)16-19-15(26-20-16)13-2-3-18-14(9-13)8-12-10-25-11-12/h2-3,9,12H,4-8,10-11H2,1H3. The van der Waals surface area contributed by atoms with Crippen molar-refractivity contribution < 1.29 is 18.8 Å². The minimum atomic E-state index is -0.306. The van der Waals surface area contributed by atoms with Crippen molar-refractivity contribution in [3.05, 3.63) is 24.0 Å². The minimum absolute atomic E-state index is 0.306. The molecule has 0 saturated carbocycles. The van der Waals surface area contributed by atoms with Crippen LogP contribution in [0.15, 0.2) is 22.9 Å². The summed E-state index contributed by atoms with van der Waals surface area (Å²) in [5.41, 5.74) is 1.87. The lowest BCUT2D eigenvalue weighted by atomic mass is 10.0. The minimum Gasteiger partial charge on any atom is -0.453 e. The van der Waals surface area contributed by atoms with Crippen LogP contribution in [0.2, 0.25) is 0 Å². The molecular formula is C17H21N5O4. The van der Waals surface area contributed by atoms with E-state index in [9.17, 15) is 4.79 Å². The molecule has 2 aliphatic rings. The van der Waals surface area contributed by atoms with E-state index in [-0.39, 0.29) is 6.09 Å². The molecule has 0 bridgehead atoms. The first kappa shape index (κ1) is 16.8. The summed E-state index contributed by atoms with van der Waals surface area (Å²) < 4.78 is 15.4. The zero-order valence-corrected chi connectivity index (χ0v) is 14.6. The summed E-state index contributed by atoms with van der Waals surface area (Å²) in [4.78, 5) is 24.1. The van der Waals surface area contributed by atoms with Crippen LogP contribution in [0.1, 0.15) is 5.69 Å². The number of rotatable bonds is 4. The van der Waals surface area contributed by atoms with Crippen molar-refractivity contribution in [3.8, 4) is 11.5 Å². The van der Waals surface area contributed by atoms with Crippen molar-refractivity contribution in [2.24, 2.45) is 5.92 Å². The first-order valence-corrected chi connectivity index (χ1v) is 8.67. The number of carbonyl (C=O) groups is 1. The third kappa shape index (κ3) is 3.48. The quantitative estimate of drug-likeness (QED) is 0.804. The molecule has 0 radical (unpaired) electrons. The average Bonchev–Trinajstić information content (AvgIpc) is 3.15. The van der Waals surface area contributed by atoms with E-state index >= 15 is 0 Å². The Morgan fingerprint density at radius 2 is 2.12 bits per heavy atom. The second-order valence-corrected chi connectivity index (χ2v) is 6.49. The summed E-state index contributed by atoms with van der Waals surface area (Å²) >= 11 is 0. The molecule has 9 heteroatoms. The number of pyridine rings is 1. The van der Waals surface area contributed by atoms with E-state index in [0.29, 0.717) is 43.9 Å². The molecule has 26 heavy (non-hydrogen) atoms. The third-order valence-electron chi connectivity index (χ3n) is 4.68. The van der Waals surface area contributed by atoms with Crippen LogP contribution in [0, 0.1) is 5.92 Å². The summed E-state index contributed by atoms with van der Waals surface area (Å²) in [6.45, 7) is 4.01. The van der Waals surface area contributed by atoms with E-state index in [1.165, 1.54) is 7.11 Å². The molecule has 2 fully saturated rings. The van der Waals surface area contributed by atoms with Gasteiger partial charge in [-0.3, -0.25) is 4.98 Å². The molecule has 138 valence electrons. The summed E-state index contributed by atoms with van der Waals surface area (Å²) in [5.74, 6) is 1.56. The highest BCUT2D eigenvalue weighted by Gasteiger charge is 2.25. The van der Waals surface area contributed by atoms with Gasteiger partial charge in [0, 0.05) is 49.6 Å². The first-order valence-electron chi connectivity index (χ1n) is 8.67. The highest BCUT2D eigenvalue weighted by molar-refractivity contribution is 5.67. The summed E-state index contributed by atoms with van der Waals surface area (Å²) in [6, 6.07) is 3.86. The number of hydrogen-bond acceptors (Lipinski definition) is 8. The summed E-state index contributed by atoms with van der Waals surface area (Å²) in [7, 11) is 1.39. The highest BCUT2D eigenvalue weighted by Crippen LogP contribution is 2.23. The van der Waals surface area contributed by atoms with Crippen LogP contribution in [-0.4, -0.2) is 72.6 Å². The van der Waals surface area contributed by atoms with Crippen LogP contribution < -0.4 is 4.90 Å². The van der Waals surface area contributed by atoms with Crippen LogP contribution >= 0.6 is 0 Å². The molecule has 9 nitrogen and oxygen atoms in total. The van der Waals surface area contributed by atoms with Gasteiger partial charge in [-0.15, -0.1) is 0 Å². The summed E-state index contributed by atoms with van der Waals surface area (Å²) in [6.07, 6.45) is 2.35. The number of methoxy groups -OCH3 is 1. The zero-order chi connectivity index (χ0) is 17.9. The molecule has 0 N–H and O–H groups in total. The highest BCUT2D eigenvalue weighted by atomic mass is 16.5. The lowest BCUT2D eigenvalue weighted by molar-refractivity contribution is -0.0316. The van der Waals surface area contributed by atoms with E-state index in [4.69, 9.17) is 14.0 Å². The first-order chi connectivity index (χ1) is 12.7. The summed E-state index contributed by atoms with van der Waals surface area (Å²) in [5, 5.41) is 4.09. The van der Waals surface area contributed by atoms with Gasteiger partial charge in [0.15, 0.2) is 0 Å². The second kappa shape index (κ2) is 7.28. The average molecular weight is 359 g/mol. The Morgan fingerprint density at radius 3 is 2.81 bits per heavy atom. The molecule has 4 heterocycles. The monoisotopic (exact) mass is 359 g/mol. The van der Waals surface area contributed by atoms with Gasteiger partial charge in [0.2, 0.25) is 0 Å². The third-order valence-corrected chi connectivity index (χ3v) is 4.68. The fourth-order valence-corrected chi connectivity index (χ4v) is 3.10. The fourth-order valence-electron chi connectivity index (χ4n) is 3.10. The van der Waals surface area contributed by atoms with Crippen molar-refractivity contribution in [3.63, 3.8) is 0 Å². The van der Waals surface area contributed by atoms with E-state index in [1.807, 2.05) is 17.0 Å². The number of piperazine rings is 1. The molecule has 0 unspecified atom stereocenters. The van der Waals surface area contributed by atoms with E-state index < -0.39 is 0 Å². The molecular weight excluding hydrogens is 338 g/mol. The maximum Gasteiger partial charge on any atom is 0.409 e. The Labute approximate surface area is 150 Å². The van der Waals surface area contributed by atoms with Crippen LogP contribution in [0.25, 0.3) is 11.5 Å². The number of nitrogens with zero attached hydrogens (tertiary/aromatic N) is 5. The van der Waals surface area contributed by atoms with Gasteiger partial charge in [0.05, 0.1) is 20.3 Å². The van der Waals surface area contributed by atoms with E-state index in [0.717, 1.165) is 30.9 Å². The van der Waals surface area contributed by atoms with E-state index in [2.05, 4.69) is 15.1 Å². The van der Waals surface area contributed by atoms with Crippen LogP contribution in [-0.2, 0) is 15.9 Å². The van der Waals surface area contributed by atoms with Gasteiger partial charge in [0.1, 0.15) is 0 Å². The molecule has 0 atom stereocenters. The van der Waals surface area contributed by atoms with Gasteiger partial charge < -0.3 is 23.8 Å². The topological polar surface area (TPSA) is 93.8 Å². The Hall–Kier alpha value is -2.68. The second-order valence-electron chi connectivity index (χ2n) is 6.49. The molecule has 2 aliphatic heterocycles. The maximum absolute atomic E-state index is 11.6. The zero-order valence-electron chi connectivity index (χ0n) is 14.6. The van der Waals surface area contributed by atoms with Crippen LogP contribution in [0.5, 0.6) is 0 Å². The van der Waals surface area contributed by atoms with Gasteiger partial charge in [-0.25, -0.2) is 4.79 Å². The Morgan fingerprint density at radius 1 is 1.31 bits per heavy atom. The number of hydrogen-bond donors (Lipinski definition) is 0. The molecule has 2 aromatic heterocycles. The predicted octanol–water partition coefficient (Wildman–Crippen LogP) is 1.21. The molecule has 0 aromatic carbocycles. The smallest absolute Gasteiger partial charge is 0.409 e. The fraction of sp³-hybridized carbons (Fsp3) is 0.529. The van der Waals surface area contributed by atoms with Crippen molar-refractivity contribution >= 4 is 12.0 Å². The molecule has 0 aliphatic carbocycles. The van der Waals surface area contributed by atoms with Gasteiger partial charge >= 0.3 is 6.09 Å². The number of aromatic nitrogens is 3. The normalized spacial score (nSPS) is 17.9. The van der Waals surface area contributed by atoms with Crippen molar-refractivity contribution in [2.75, 3.05) is 51.4 Å². The lowest BCUT2D eigenvalue weighted by Gasteiger charge is -2.32. The largest absolute Gasteiger partial charge is 0.453 e. The number of amides is 1. The molecule has 2 aromatic rings. The van der Waals surface area contributed by atoms with Crippen molar-refractivity contribution in [1.29, 1.82) is 0 Å². The predicted molar refractivity (Wildman–Crippen MR) is 91.7 cm³/mol. The van der Waals surface area contributed by atoms with Gasteiger partial charge in [-0.1, -0.05) is 0 Å². The van der Waals surface area contributed by atoms with E-state index in [1.54, 1.807) is 11.1 Å². The number of carbonyl (C=O) groups excluding carboxylic acids is 1. The Bertz CT molecular complexity index is 768. The van der Waals surface area contributed by atoms with Crippen LogP contribution in [0.4, 0.5) is 10.7 Å². The Balaban J connectivity index is 1.42. The molecule has 0 spiro atoms. The van der Waals surface area contributed by atoms with Crippen molar-refractivity contribution in [1.82, 2.24) is 20.0 Å². The number of ether oxygens (including phenoxy) is 2. The lowest BCUT2D eigenvalue weighted by Crippen LogP contribution is -2.49. The maximum atomic E-state index is 11.6. The van der Waals surface area contributed by atoms with Gasteiger partial charge in [-0.2, -0.15) is 4.98 Å². The van der Waals surface area contributed by atoms with Gasteiger partial charge in [-0.05, 0) is 23.7 Å². The molecule has 1 amide bonds. The molecule has 4 rings (SSSR count). The van der Waals surface area contributed by atoms with Crippen molar-refractivity contribution in [2.45, 2.75) is 6.42 Å². The number of anilines is 1. The van der Waals surface area contributed by atoms with Crippen LogP contribution in [0.3, 0.4) is 0 Å². The van der Waals surface area contributed by atoms with Gasteiger partial charge in [0.25, 0.3) is 11.8 Å². The SMILES string of the molecule is COC(=O)N1CCN(c2noc(-c3ccnc(CC4COC4)c3)n2)CC1. The molecule has 2 saturated heterocycles. The Kier molecular flexibility index (Phi) is 4.70.